The van der Waals surface area contributed by atoms with Gasteiger partial charge < -0.3 is 0 Å². The molecular weight excluding hydrogens is 560 g/mol. The van der Waals surface area contributed by atoms with Crippen LogP contribution in [0.4, 0.5) is 0 Å². The summed E-state index contributed by atoms with van der Waals surface area (Å²) in [6.07, 6.45) is 2.09. The highest BCUT2D eigenvalue weighted by Crippen LogP contribution is 2.42. The Bertz CT molecular complexity index is 2490. The molecule has 0 bridgehead atoms. The number of imidazole rings is 1. The van der Waals surface area contributed by atoms with Gasteiger partial charge in [0.25, 0.3) is 0 Å². The Morgan fingerprint density at radius 2 is 1.04 bits per heavy atom. The van der Waals surface area contributed by atoms with E-state index in [0.29, 0.717) is 0 Å². The molecule has 0 atom stereocenters. The summed E-state index contributed by atoms with van der Waals surface area (Å²) in [6.45, 7) is 0. The van der Waals surface area contributed by atoms with Crippen LogP contribution >= 0.6 is 0 Å². The maximum Gasteiger partial charge on any atom is 0.137 e. The van der Waals surface area contributed by atoms with E-state index in [1.54, 1.807) is 0 Å². The van der Waals surface area contributed by atoms with Crippen molar-refractivity contribution in [2.24, 2.45) is 0 Å². The van der Waals surface area contributed by atoms with Crippen LogP contribution in [0.25, 0.3) is 78.1 Å². The number of benzene rings is 5. The van der Waals surface area contributed by atoms with Gasteiger partial charge in [0.1, 0.15) is 11.3 Å². The van der Waals surface area contributed by atoms with E-state index in [2.05, 4.69) is 167 Å². The minimum Gasteiger partial charge on any atom is -0.299 e. The SMILES string of the molecule is c1ccc(-c2nn3c(-c4ccccc4)cc4ccccc4c3c2-c2ccc(-c3c(-c4ccccc4)nc4ccccn34)cc2)cc1. The highest BCUT2D eigenvalue weighted by Gasteiger charge is 2.22. The largest absolute Gasteiger partial charge is 0.299 e. The van der Waals surface area contributed by atoms with Crippen molar-refractivity contribution in [3.05, 3.63) is 170 Å². The van der Waals surface area contributed by atoms with Gasteiger partial charge in [-0.2, -0.15) is 5.10 Å². The Balaban J connectivity index is 1.31. The number of hydrogen-bond acceptors (Lipinski definition) is 2. The molecule has 216 valence electrons. The molecule has 0 saturated carbocycles. The van der Waals surface area contributed by atoms with Crippen molar-refractivity contribution in [1.29, 1.82) is 0 Å². The van der Waals surface area contributed by atoms with Crippen molar-refractivity contribution in [3.8, 4) is 56.2 Å². The van der Waals surface area contributed by atoms with Crippen molar-refractivity contribution in [3.63, 3.8) is 0 Å². The summed E-state index contributed by atoms with van der Waals surface area (Å²) in [5, 5.41) is 7.71. The van der Waals surface area contributed by atoms with E-state index in [1.165, 1.54) is 10.8 Å². The summed E-state index contributed by atoms with van der Waals surface area (Å²) < 4.78 is 4.32. The Morgan fingerprint density at radius 1 is 0.457 bits per heavy atom. The van der Waals surface area contributed by atoms with Crippen LogP contribution < -0.4 is 0 Å². The molecule has 0 unspecified atom stereocenters. The fraction of sp³-hybridized carbons (Fsp3) is 0. The molecule has 0 aliphatic rings. The standard InChI is InChI=1S/C42H28N4/c1-4-14-29(15-5-1)36-28-34-20-10-11-21-35(34)42-38(39(44-46(36)42)31-16-6-2-7-17-31)30-23-25-33(26-24-30)41-40(32-18-8-3-9-19-32)43-37-22-12-13-27-45(37)41/h1-28H. The lowest BCUT2D eigenvalue weighted by molar-refractivity contribution is 0.979. The summed E-state index contributed by atoms with van der Waals surface area (Å²) in [5.74, 6) is 0. The molecular formula is C42H28N4. The zero-order valence-electron chi connectivity index (χ0n) is 25.0. The van der Waals surface area contributed by atoms with Crippen molar-refractivity contribution in [1.82, 2.24) is 19.0 Å². The van der Waals surface area contributed by atoms with Crippen LogP contribution in [0.2, 0.25) is 0 Å². The quantitative estimate of drug-likeness (QED) is 0.200. The lowest BCUT2D eigenvalue weighted by atomic mass is 9.95. The van der Waals surface area contributed by atoms with E-state index in [4.69, 9.17) is 10.1 Å². The predicted octanol–water partition coefficient (Wildman–Crippen LogP) is 10.5. The molecule has 4 heterocycles. The number of aromatic nitrogens is 4. The normalized spacial score (nSPS) is 11.5. The minimum absolute atomic E-state index is 0.925. The van der Waals surface area contributed by atoms with Crippen molar-refractivity contribution in [2.75, 3.05) is 0 Å². The van der Waals surface area contributed by atoms with E-state index >= 15 is 0 Å². The second kappa shape index (κ2) is 10.7. The fourth-order valence-electron chi connectivity index (χ4n) is 6.64. The molecule has 0 N–H and O–H groups in total. The predicted molar refractivity (Wildman–Crippen MR) is 189 cm³/mol. The van der Waals surface area contributed by atoms with Crippen LogP contribution in [0.15, 0.2) is 170 Å². The molecule has 0 amide bonds. The van der Waals surface area contributed by atoms with Gasteiger partial charge in [-0.05, 0) is 29.1 Å². The van der Waals surface area contributed by atoms with Crippen LogP contribution in [-0.4, -0.2) is 19.0 Å². The Morgan fingerprint density at radius 3 is 1.76 bits per heavy atom. The first kappa shape index (κ1) is 26.2. The van der Waals surface area contributed by atoms with Crippen LogP contribution in [0.3, 0.4) is 0 Å². The summed E-state index contributed by atoms with van der Waals surface area (Å²) >= 11 is 0. The van der Waals surface area contributed by atoms with Crippen molar-refractivity contribution < 1.29 is 0 Å². The van der Waals surface area contributed by atoms with Gasteiger partial charge in [-0.1, -0.05) is 146 Å². The molecule has 9 rings (SSSR count). The highest BCUT2D eigenvalue weighted by molar-refractivity contribution is 6.08. The zero-order chi connectivity index (χ0) is 30.5. The van der Waals surface area contributed by atoms with Gasteiger partial charge in [0.05, 0.1) is 22.6 Å². The van der Waals surface area contributed by atoms with Gasteiger partial charge in [-0.15, -0.1) is 0 Å². The average Bonchev–Trinajstić information content (AvgIpc) is 3.73. The second-order valence-electron chi connectivity index (χ2n) is 11.5. The van der Waals surface area contributed by atoms with Gasteiger partial charge in [-0.3, -0.25) is 4.40 Å². The van der Waals surface area contributed by atoms with Gasteiger partial charge in [0.15, 0.2) is 0 Å². The summed E-state index contributed by atoms with van der Waals surface area (Å²) in [5.41, 5.74) is 12.7. The van der Waals surface area contributed by atoms with Crippen LogP contribution in [0.5, 0.6) is 0 Å². The van der Waals surface area contributed by atoms with Gasteiger partial charge in [-0.25, -0.2) is 9.50 Å². The fourth-order valence-corrected chi connectivity index (χ4v) is 6.64. The average molecular weight is 589 g/mol. The topological polar surface area (TPSA) is 34.6 Å². The molecule has 0 aliphatic carbocycles. The maximum atomic E-state index is 5.36. The summed E-state index contributed by atoms with van der Waals surface area (Å²) in [4.78, 5) is 5.05. The maximum absolute atomic E-state index is 5.36. The Kier molecular flexibility index (Phi) is 6.10. The number of fused-ring (bicyclic) bond motifs is 4. The molecule has 0 radical (unpaired) electrons. The van der Waals surface area contributed by atoms with E-state index in [-0.39, 0.29) is 0 Å². The molecule has 4 aromatic heterocycles. The highest BCUT2D eigenvalue weighted by atomic mass is 15.2. The molecule has 4 nitrogen and oxygen atoms in total. The zero-order valence-corrected chi connectivity index (χ0v) is 25.0. The van der Waals surface area contributed by atoms with Crippen molar-refractivity contribution in [2.45, 2.75) is 0 Å². The van der Waals surface area contributed by atoms with Crippen molar-refractivity contribution >= 4 is 21.9 Å². The number of nitrogens with zero attached hydrogens (tertiary/aromatic N) is 4. The number of hydrogen-bond donors (Lipinski definition) is 0. The molecule has 0 aliphatic heterocycles. The molecule has 0 fully saturated rings. The van der Waals surface area contributed by atoms with E-state index in [0.717, 1.165) is 67.3 Å². The lowest BCUT2D eigenvalue weighted by Crippen LogP contribution is -1.95. The third-order valence-electron chi connectivity index (χ3n) is 8.76. The molecule has 5 aromatic carbocycles. The lowest BCUT2D eigenvalue weighted by Gasteiger charge is -2.11. The molecule has 0 spiro atoms. The third kappa shape index (κ3) is 4.23. The minimum atomic E-state index is 0.925. The first-order valence-electron chi connectivity index (χ1n) is 15.5. The molecule has 0 saturated heterocycles. The third-order valence-corrected chi connectivity index (χ3v) is 8.76. The van der Waals surface area contributed by atoms with E-state index in [1.807, 2.05) is 12.1 Å². The van der Waals surface area contributed by atoms with Crippen LogP contribution in [0, 0.1) is 0 Å². The van der Waals surface area contributed by atoms with Gasteiger partial charge >= 0.3 is 0 Å². The Labute approximate surface area is 266 Å². The second-order valence-corrected chi connectivity index (χ2v) is 11.5. The monoisotopic (exact) mass is 588 g/mol. The molecule has 4 heteroatoms. The summed E-state index contributed by atoms with van der Waals surface area (Å²) in [7, 11) is 0. The number of pyridine rings is 2. The summed E-state index contributed by atoms with van der Waals surface area (Å²) in [6, 6.07) is 57.4. The molecule has 9 aromatic rings. The van der Waals surface area contributed by atoms with Gasteiger partial charge in [0.2, 0.25) is 0 Å². The van der Waals surface area contributed by atoms with Gasteiger partial charge in [0, 0.05) is 39.4 Å². The van der Waals surface area contributed by atoms with E-state index in [9.17, 15) is 0 Å². The van der Waals surface area contributed by atoms with Crippen LogP contribution in [0.1, 0.15) is 0 Å². The smallest absolute Gasteiger partial charge is 0.137 e. The number of rotatable bonds is 5. The molecule has 46 heavy (non-hydrogen) atoms. The first-order valence-corrected chi connectivity index (χ1v) is 15.5. The Hall–Kier alpha value is -6.26. The first-order chi connectivity index (χ1) is 22.8. The van der Waals surface area contributed by atoms with E-state index < -0.39 is 0 Å². The van der Waals surface area contributed by atoms with Crippen LogP contribution in [-0.2, 0) is 0 Å².